The zero-order valence-corrected chi connectivity index (χ0v) is 17.9. The second kappa shape index (κ2) is 8.16. The van der Waals surface area contributed by atoms with Crippen molar-refractivity contribution in [2.75, 3.05) is 13.1 Å². The Balaban J connectivity index is 1.34. The standard InChI is InChI=1S/C23H24FN3O3S/c24-15-10-17(14-5-7-26(8-6-14)12-16-2-1-9-31-16)19-13-27(23(30)18(19)11-15)20-3-4-21(28)25-22(20)29/h1-2,9-11,14,20H,3-8,12-13H2,(H,25,28,29). The molecule has 4 heterocycles. The van der Waals surface area contributed by atoms with Crippen molar-refractivity contribution in [2.24, 2.45) is 0 Å². The molecule has 1 N–H and O–H groups in total. The van der Waals surface area contributed by atoms with E-state index in [2.05, 4.69) is 27.7 Å². The molecule has 0 aliphatic carbocycles. The van der Waals surface area contributed by atoms with Crippen molar-refractivity contribution in [3.05, 3.63) is 57.0 Å². The van der Waals surface area contributed by atoms with E-state index < -0.39 is 17.8 Å². The van der Waals surface area contributed by atoms with Crippen LogP contribution >= 0.6 is 11.3 Å². The fraction of sp³-hybridized carbons (Fsp3) is 0.435. The molecule has 0 spiro atoms. The number of carbonyl (C=O) groups excluding carboxylic acids is 3. The van der Waals surface area contributed by atoms with E-state index in [9.17, 15) is 18.8 Å². The zero-order chi connectivity index (χ0) is 21.5. The van der Waals surface area contributed by atoms with Crippen LogP contribution in [0.15, 0.2) is 29.6 Å². The molecule has 0 saturated carbocycles. The van der Waals surface area contributed by atoms with E-state index in [0.29, 0.717) is 18.5 Å². The number of rotatable bonds is 4. The minimum absolute atomic E-state index is 0.193. The topological polar surface area (TPSA) is 69.7 Å². The highest BCUT2D eigenvalue weighted by Gasteiger charge is 2.41. The summed E-state index contributed by atoms with van der Waals surface area (Å²) in [5.41, 5.74) is 2.10. The Bertz CT molecular complexity index is 1030. The maximum Gasteiger partial charge on any atom is 0.255 e. The average molecular weight is 442 g/mol. The Hall–Kier alpha value is -2.58. The number of thiophene rings is 1. The first-order valence-corrected chi connectivity index (χ1v) is 11.6. The van der Waals surface area contributed by atoms with Gasteiger partial charge in [-0.25, -0.2) is 4.39 Å². The molecule has 3 aliphatic heterocycles. The van der Waals surface area contributed by atoms with Crippen LogP contribution < -0.4 is 5.32 Å². The number of nitrogens with one attached hydrogen (secondary N) is 1. The minimum Gasteiger partial charge on any atom is -0.322 e. The molecule has 162 valence electrons. The molecule has 1 aromatic carbocycles. The molecule has 0 radical (unpaired) electrons. The molecule has 2 saturated heterocycles. The maximum atomic E-state index is 14.5. The third-order valence-electron chi connectivity index (χ3n) is 6.64. The third-order valence-corrected chi connectivity index (χ3v) is 7.50. The van der Waals surface area contributed by atoms with Crippen LogP contribution in [0.5, 0.6) is 0 Å². The van der Waals surface area contributed by atoms with Gasteiger partial charge >= 0.3 is 0 Å². The van der Waals surface area contributed by atoms with Gasteiger partial charge in [0, 0.05) is 30.0 Å². The monoisotopic (exact) mass is 441 g/mol. The average Bonchev–Trinajstić information content (AvgIpc) is 3.37. The second-order valence-corrected chi connectivity index (χ2v) is 9.58. The number of nitrogens with zero attached hydrogens (tertiary/aromatic N) is 2. The lowest BCUT2D eigenvalue weighted by Crippen LogP contribution is -2.52. The molecule has 0 bridgehead atoms. The van der Waals surface area contributed by atoms with Gasteiger partial charge < -0.3 is 4.90 Å². The van der Waals surface area contributed by atoms with Crippen LogP contribution in [0.3, 0.4) is 0 Å². The van der Waals surface area contributed by atoms with E-state index in [-0.39, 0.29) is 24.2 Å². The third kappa shape index (κ3) is 3.90. The van der Waals surface area contributed by atoms with Crippen LogP contribution in [0.1, 0.15) is 58.0 Å². The van der Waals surface area contributed by atoms with Gasteiger partial charge in [-0.3, -0.25) is 24.6 Å². The van der Waals surface area contributed by atoms with Gasteiger partial charge in [0.2, 0.25) is 11.8 Å². The molecule has 2 fully saturated rings. The Morgan fingerprint density at radius 2 is 1.94 bits per heavy atom. The summed E-state index contributed by atoms with van der Waals surface area (Å²) in [5.74, 6) is -1.29. The summed E-state index contributed by atoms with van der Waals surface area (Å²) in [6, 6.07) is 6.39. The number of amides is 3. The largest absolute Gasteiger partial charge is 0.322 e. The molecule has 31 heavy (non-hydrogen) atoms. The number of fused-ring (bicyclic) bond motifs is 1. The van der Waals surface area contributed by atoms with E-state index in [1.165, 1.54) is 15.8 Å². The lowest BCUT2D eigenvalue weighted by Gasteiger charge is -2.33. The summed E-state index contributed by atoms with van der Waals surface area (Å²) in [6.45, 7) is 3.09. The predicted molar refractivity (Wildman–Crippen MR) is 114 cm³/mol. The van der Waals surface area contributed by atoms with Crippen molar-refractivity contribution >= 4 is 29.1 Å². The molecule has 1 unspecified atom stereocenters. The summed E-state index contributed by atoms with van der Waals surface area (Å²) in [7, 11) is 0. The van der Waals surface area contributed by atoms with Crippen molar-refractivity contribution in [3.63, 3.8) is 0 Å². The Morgan fingerprint density at radius 3 is 2.65 bits per heavy atom. The van der Waals surface area contributed by atoms with Crippen molar-refractivity contribution in [2.45, 2.75) is 50.7 Å². The van der Waals surface area contributed by atoms with Gasteiger partial charge in [0.15, 0.2) is 0 Å². The van der Waals surface area contributed by atoms with Gasteiger partial charge in [0.05, 0.1) is 0 Å². The predicted octanol–water partition coefficient (Wildman–Crippen LogP) is 3.03. The second-order valence-electron chi connectivity index (χ2n) is 8.55. The van der Waals surface area contributed by atoms with E-state index in [0.717, 1.165) is 43.6 Å². The summed E-state index contributed by atoms with van der Waals surface area (Å²) in [4.78, 5) is 42.1. The van der Waals surface area contributed by atoms with E-state index >= 15 is 0 Å². The highest BCUT2D eigenvalue weighted by molar-refractivity contribution is 7.09. The number of likely N-dealkylation sites (tertiary alicyclic amines) is 1. The molecule has 3 aliphatic rings. The van der Waals surface area contributed by atoms with Gasteiger partial charge in [-0.1, -0.05) is 6.07 Å². The van der Waals surface area contributed by atoms with Gasteiger partial charge in [0.1, 0.15) is 11.9 Å². The fourth-order valence-electron chi connectivity index (χ4n) is 5.04. The summed E-state index contributed by atoms with van der Waals surface area (Å²) >= 11 is 1.76. The smallest absolute Gasteiger partial charge is 0.255 e. The number of piperidine rings is 2. The van der Waals surface area contributed by atoms with Crippen LogP contribution in [0.2, 0.25) is 0 Å². The SMILES string of the molecule is O=C1CCC(N2Cc3c(cc(F)cc3C3CCN(Cc4cccs4)CC3)C2=O)C(=O)N1. The number of hydrogen-bond acceptors (Lipinski definition) is 5. The van der Waals surface area contributed by atoms with Crippen molar-refractivity contribution in [1.82, 2.24) is 15.1 Å². The molecule has 6 nitrogen and oxygen atoms in total. The molecule has 1 atom stereocenters. The van der Waals surface area contributed by atoms with Crippen LogP contribution in [0.25, 0.3) is 0 Å². The normalized spacial score (nSPS) is 22.7. The quantitative estimate of drug-likeness (QED) is 0.741. The first-order valence-electron chi connectivity index (χ1n) is 10.7. The highest BCUT2D eigenvalue weighted by atomic mass is 32.1. The van der Waals surface area contributed by atoms with Gasteiger partial charge in [-0.05, 0) is 73.0 Å². The first kappa shape index (κ1) is 20.3. The molecule has 3 amide bonds. The molecule has 1 aromatic heterocycles. The van der Waals surface area contributed by atoms with Crippen LogP contribution in [-0.2, 0) is 22.7 Å². The number of carbonyl (C=O) groups is 3. The highest BCUT2D eigenvalue weighted by Crippen LogP contribution is 2.38. The maximum absolute atomic E-state index is 14.5. The number of hydrogen-bond donors (Lipinski definition) is 1. The fourth-order valence-corrected chi connectivity index (χ4v) is 5.79. The number of halogens is 1. The van der Waals surface area contributed by atoms with Crippen molar-refractivity contribution in [3.8, 4) is 0 Å². The summed E-state index contributed by atoms with van der Waals surface area (Å²) in [5, 5.41) is 4.40. The Kier molecular flexibility index (Phi) is 5.35. The number of imide groups is 1. The van der Waals surface area contributed by atoms with Gasteiger partial charge in [-0.2, -0.15) is 0 Å². The molecular formula is C23H24FN3O3S. The van der Waals surface area contributed by atoms with Crippen molar-refractivity contribution < 1.29 is 18.8 Å². The molecule has 5 rings (SSSR count). The Morgan fingerprint density at radius 1 is 1.13 bits per heavy atom. The van der Waals surface area contributed by atoms with Gasteiger partial charge in [0.25, 0.3) is 5.91 Å². The minimum atomic E-state index is -0.679. The first-order chi connectivity index (χ1) is 15.0. The number of benzene rings is 1. The summed E-state index contributed by atoms with van der Waals surface area (Å²) < 4.78 is 14.5. The van der Waals surface area contributed by atoms with E-state index in [1.807, 2.05) is 0 Å². The summed E-state index contributed by atoms with van der Waals surface area (Å²) in [6.07, 6.45) is 2.34. The lowest BCUT2D eigenvalue weighted by molar-refractivity contribution is -0.136. The zero-order valence-electron chi connectivity index (χ0n) is 17.1. The lowest BCUT2D eigenvalue weighted by atomic mass is 9.85. The van der Waals surface area contributed by atoms with Crippen molar-refractivity contribution in [1.29, 1.82) is 0 Å². The molecule has 2 aromatic rings. The molecule has 8 heteroatoms. The van der Waals surface area contributed by atoms with Gasteiger partial charge in [-0.15, -0.1) is 11.3 Å². The van der Waals surface area contributed by atoms with Crippen LogP contribution in [-0.4, -0.2) is 46.7 Å². The molecular weight excluding hydrogens is 417 g/mol. The van der Waals surface area contributed by atoms with E-state index in [4.69, 9.17) is 0 Å². The van der Waals surface area contributed by atoms with Crippen LogP contribution in [0.4, 0.5) is 4.39 Å². The van der Waals surface area contributed by atoms with E-state index in [1.54, 1.807) is 17.4 Å². The van der Waals surface area contributed by atoms with Crippen LogP contribution in [0, 0.1) is 5.82 Å². The Labute approximate surface area is 184 Å².